The Morgan fingerprint density at radius 1 is 1.53 bits per heavy atom. The lowest BCUT2D eigenvalue weighted by atomic mass is 10.1. The van der Waals surface area contributed by atoms with Crippen LogP contribution in [0.4, 0.5) is 5.69 Å². The molecule has 2 heterocycles. The Labute approximate surface area is 102 Å². The summed E-state index contributed by atoms with van der Waals surface area (Å²) in [5, 5.41) is 9.41. The van der Waals surface area contributed by atoms with E-state index < -0.39 is 6.10 Å². The van der Waals surface area contributed by atoms with E-state index in [4.69, 9.17) is 4.74 Å². The Morgan fingerprint density at radius 3 is 2.94 bits per heavy atom. The fourth-order valence-corrected chi connectivity index (χ4v) is 2.20. The average molecular weight is 236 g/mol. The summed E-state index contributed by atoms with van der Waals surface area (Å²) in [6, 6.07) is 3.91. The van der Waals surface area contributed by atoms with Gasteiger partial charge in [-0.1, -0.05) is 0 Å². The zero-order valence-corrected chi connectivity index (χ0v) is 10.5. The lowest BCUT2D eigenvalue weighted by Gasteiger charge is -2.33. The number of aliphatic hydroxyl groups is 1. The van der Waals surface area contributed by atoms with Crippen molar-refractivity contribution >= 4 is 5.69 Å². The summed E-state index contributed by atoms with van der Waals surface area (Å²) >= 11 is 0. The van der Waals surface area contributed by atoms with Crippen LogP contribution >= 0.6 is 0 Å². The highest BCUT2D eigenvalue weighted by molar-refractivity contribution is 5.45. The zero-order valence-electron chi connectivity index (χ0n) is 10.5. The normalized spacial score (nSPS) is 22.5. The first kappa shape index (κ1) is 12.3. The summed E-state index contributed by atoms with van der Waals surface area (Å²) in [7, 11) is 1.77. The van der Waals surface area contributed by atoms with Crippen molar-refractivity contribution in [1.82, 2.24) is 4.98 Å². The molecule has 2 atom stereocenters. The third-order valence-electron chi connectivity index (χ3n) is 3.28. The second-order valence-corrected chi connectivity index (χ2v) is 4.56. The van der Waals surface area contributed by atoms with Crippen molar-refractivity contribution in [2.45, 2.75) is 32.0 Å². The summed E-state index contributed by atoms with van der Waals surface area (Å²) in [5.41, 5.74) is 1.82. The third-order valence-corrected chi connectivity index (χ3v) is 3.28. The van der Waals surface area contributed by atoms with Crippen molar-refractivity contribution in [1.29, 1.82) is 0 Å². The maximum Gasteiger partial charge on any atom is 0.0931 e. The van der Waals surface area contributed by atoms with Gasteiger partial charge in [-0.25, -0.2) is 0 Å². The molecule has 0 amide bonds. The second-order valence-electron chi connectivity index (χ2n) is 4.56. The maximum atomic E-state index is 9.41. The number of aromatic nitrogens is 1. The molecule has 1 fully saturated rings. The predicted octanol–water partition coefficient (Wildman–Crippen LogP) is 1.75. The predicted molar refractivity (Wildman–Crippen MR) is 67.1 cm³/mol. The van der Waals surface area contributed by atoms with E-state index in [-0.39, 0.29) is 0 Å². The van der Waals surface area contributed by atoms with Gasteiger partial charge in [0.1, 0.15) is 0 Å². The molecule has 0 saturated carbocycles. The molecule has 4 heteroatoms. The van der Waals surface area contributed by atoms with E-state index in [0.29, 0.717) is 11.8 Å². The number of piperidine rings is 1. The Bertz CT molecular complexity index is 351. The van der Waals surface area contributed by atoms with Crippen LogP contribution in [0.15, 0.2) is 18.3 Å². The lowest BCUT2D eigenvalue weighted by molar-refractivity contribution is 0.0893. The van der Waals surface area contributed by atoms with Gasteiger partial charge in [0.15, 0.2) is 0 Å². The molecule has 0 spiro atoms. The molecule has 1 saturated heterocycles. The molecule has 94 valence electrons. The summed E-state index contributed by atoms with van der Waals surface area (Å²) in [6.45, 7) is 3.70. The first-order valence-corrected chi connectivity index (χ1v) is 6.12. The Kier molecular flexibility index (Phi) is 3.97. The Hall–Kier alpha value is -1.13. The summed E-state index contributed by atoms with van der Waals surface area (Å²) in [5.74, 6) is 0. The highest BCUT2D eigenvalue weighted by Crippen LogP contribution is 2.21. The topological polar surface area (TPSA) is 45.6 Å². The van der Waals surface area contributed by atoms with Gasteiger partial charge in [0.05, 0.1) is 29.8 Å². The number of rotatable bonds is 3. The Morgan fingerprint density at radius 2 is 2.35 bits per heavy atom. The smallest absolute Gasteiger partial charge is 0.0931 e. The molecule has 0 aromatic carbocycles. The number of methoxy groups -OCH3 is 1. The summed E-state index contributed by atoms with van der Waals surface area (Å²) in [6.07, 6.45) is 3.93. The Balaban J connectivity index is 2.06. The molecule has 1 aromatic rings. The van der Waals surface area contributed by atoms with Crippen LogP contribution in [0.2, 0.25) is 0 Å². The largest absolute Gasteiger partial charge is 0.387 e. The van der Waals surface area contributed by atoms with Crippen LogP contribution in [0.1, 0.15) is 31.6 Å². The van der Waals surface area contributed by atoms with Gasteiger partial charge >= 0.3 is 0 Å². The molecule has 17 heavy (non-hydrogen) atoms. The molecular formula is C13H20N2O2. The van der Waals surface area contributed by atoms with Crippen LogP contribution in [0.25, 0.3) is 0 Å². The van der Waals surface area contributed by atoms with E-state index in [2.05, 4.69) is 9.88 Å². The van der Waals surface area contributed by atoms with Gasteiger partial charge in [-0.15, -0.1) is 0 Å². The van der Waals surface area contributed by atoms with E-state index >= 15 is 0 Å². The van der Waals surface area contributed by atoms with Crippen LogP contribution in [0.3, 0.4) is 0 Å². The highest BCUT2D eigenvalue weighted by Gasteiger charge is 2.19. The standard InChI is InChI=1S/C13H20N2O2/c1-10(16)13-6-5-11(8-14-13)15-7-3-4-12(9-15)17-2/h5-6,8,10,12,16H,3-4,7,9H2,1-2H3/t10-,12?/m1/s1. The van der Waals surface area contributed by atoms with Crippen LogP contribution in [-0.2, 0) is 4.74 Å². The van der Waals surface area contributed by atoms with Gasteiger partial charge in [-0.2, -0.15) is 0 Å². The van der Waals surface area contributed by atoms with Crippen LogP contribution < -0.4 is 4.90 Å². The molecule has 0 bridgehead atoms. The SMILES string of the molecule is COC1CCCN(c2ccc([C@@H](C)O)nc2)C1. The molecule has 0 radical (unpaired) electrons. The zero-order chi connectivity index (χ0) is 12.3. The van der Waals surface area contributed by atoms with Gasteiger partial charge in [0, 0.05) is 20.2 Å². The van der Waals surface area contributed by atoms with Crippen LogP contribution in [-0.4, -0.2) is 36.4 Å². The van der Waals surface area contributed by atoms with Gasteiger partial charge in [0.25, 0.3) is 0 Å². The monoisotopic (exact) mass is 236 g/mol. The van der Waals surface area contributed by atoms with Crippen molar-refractivity contribution in [3.63, 3.8) is 0 Å². The summed E-state index contributed by atoms with van der Waals surface area (Å²) in [4.78, 5) is 6.56. The maximum absolute atomic E-state index is 9.41. The molecule has 4 nitrogen and oxygen atoms in total. The number of anilines is 1. The minimum absolute atomic E-state index is 0.320. The number of nitrogens with zero attached hydrogens (tertiary/aromatic N) is 2. The van der Waals surface area contributed by atoms with Crippen LogP contribution in [0, 0.1) is 0 Å². The molecule has 1 N–H and O–H groups in total. The molecule has 1 aliphatic rings. The van der Waals surface area contributed by atoms with Gasteiger partial charge in [-0.05, 0) is 31.9 Å². The van der Waals surface area contributed by atoms with Crippen molar-refractivity contribution < 1.29 is 9.84 Å². The van der Waals surface area contributed by atoms with Crippen molar-refractivity contribution in [3.05, 3.63) is 24.0 Å². The van der Waals surface area contributed by atoms with Crippen molar-refractivity contribution in [2.24, 2.45) is 0 Å². The van der Waals surface area contributed by atoms with Gasteiger partial charge in [0.2, 0.25) is 0 Å². The quantitative estimate of drug-likeness (QED) is 0.868. The highest BCUT2D eigenvalue weighted by atomic mass is 16.5. The number of hydrogen-bond acceptors (Lipinski definition) is 4. The number of ether oxygens (including phenoxy) is 1. The number of hydrogen-bond donors (Lipinski definition) is 1. The number of aliphatic hydroxyl groups excluding tert-OH is 1. The van der Waals surface area contributed by atoms with E-state index in [0.717, 1.165) is 31.6 Å². The molecule has 0 aliphatic carbocycles. The number of pyridine rings is 1. The average Bonchev–Trinajstić information content (AvgIpc) is 2.39. The second kappa shape index (κ2) is 5.47. The summed E-state index contributed by atoms with van der Waals surface area (Å²) < 4.78 is 5.40. The molecule has 1 unspecified atom stereocenters. The minimum Gasteiger partial charge on any atom is -0.387 e. The fraction of sp³-hybridized carbons (Fsp3) is 0.615. The minimum atomic E-state index is -0.503. The molecule has 1 aliphatic heterocycles. The first-order chi connectivity index (χ1) is 8.20. The first-order valence-electron chi connectivity index (χ1n) is 6.12. The van der Waals surface area contributed by atoms with E-state index in [1.54, 1.807) is 14.0 Å². The van der Waals surface area contributed by atoms with Gasteiger partial charge in [-0.3, -0.25) is 4.98 Å². The van der Waals surface area contributed by atoms with E-state index in [9.17, 15) is 5.11 Å². The van der Waals surface area contributed by atoms with Crippen molar-refractivity contribution in [2.75, 3.05) is 25.1 Å². The lowest BCUT2D eigenvalue weighted by Crippen LogP contribution is -2.39. The fourth-order valence-electron chi connectivity index (χ4n) is 2.20. The van der Waals surface area contributed by atoms with E-state index in [1.807, 2.05) is 18.3 Å². The van der Waals surface area contributed by atoms with Crippen LogP contribution in [0.5, 0.6) is 0 Å². The molecule has 1 aromatic heterocycles. The molecular weight excluding hydrogens is 216 g/mol. The molecule has 2 rings (SSSR count). The van der Waals surface area contributed by atoms with Crippen molar-refractivity contribution in [3.8, 4) is 0 Å². The van der Waals surface area contributed by atoms with E-state index in [1.165, 1.54) is 0 Å². The van der Waals surface area contributed by atoms with Gasteiger partial charge < -0.3 is 14.7 Å². The third kappa shape index (κ3) is 2.96.